The van der Waals surface area contributed by atoms with Crippen LogP contribution in [0.5, 0.6) is 0 Å². The van der Waals surface area contributed by atoms with Gasteiger partial charge in [-0.15, -0.1) is 0 Å². The fourth-order valence-corrected chi connectivity index (χ4v) is 5.87. The summed E-state index contributed by atoms with van der Waals surface area (Å²) in [5.74, 6) is -0.322. The van der Waals surface area contributed by atoms with E-state index in [9.17, 15) is 8.96 Å². The molecule has 0 N–H and O–H groups in total. The topological polar surface area (TPSA) is 17.1 Å². The summed E-state index contributed by atoms with van der Waals surface area (Å²) in [6.07, 6.45) is 1.84. The smallest absolute Gasteiger partial charge is 0.171 e. The van der Waals surface area contributed by atoms with Crippen molar-refractivity contribution in [1.82, 2.24) is 0 Å². The Morgan fingerprint density at radius 2 is 1.31 bits per heavy atom. The third-order valence-electron chi connectivity index (χ3n) is 4.10. The Bertz CT molecular complexity index is 930. The maximum atomic E-state index is 14.5. The van der Waals surface area contributed by atoms with Crippen LogP contribution in [0, 0.1) is 5.82 Å². The SMILES string of the molecule is C=C(C)/C=C(\c1ccc(F)cc1)P(=O)(c1ccccc1)c1ccccc1. The molecule has 0 aliphatic carbocycles. The number of hydrogen-bond acceptors (Lipinski definition) is 1. The summed E-state index contributed by atoms with van der Waals surface area (Å²) in [5, 5.41) is 2.13. The van der Waals surface area contributed by atoms with Gasteiger partial charge in [0.15, 0.2) is 7.14 Å². The average Bonchev–Trinajstić information content (AvgIpc) is 2.67. The first kappa shape index (κ1) is 18.1. The number of halogens is 1. The van der Waals surface area contributed by atoms with E-state index in [2.05, 4.69) is 6.58 Å². The van der Waals surface area contributed by atoms with Crippen molar-refractivity contribution in [3.05, 3.63) is 115 Å². The lowest BCUT2D eigenvalue weighted by Gasteiger charge is -2.23. The molecule has 3 aromatic rings. The second kappa shape index (κ2) is 7.68. The molecule has 0 bridgehead atoms. The number of allylic oxidation sites excluding steroid dienone is 2. The van der Waals surface area contributed by atoms with E-state index in [1.807, 2.05) is 73.7 Å². The van der Waals surface area contributed by atoms with Gasteiger partial charge in [0.1, 0.15) is 5.82 Å². The van der Waals surface area contributed by atoms with Crippen molar-refractivity contribution in [2.75, 3.05) is 0 Å². The molecule has 0 atom stereocenters. The minimum absolute atomic E-state index is 0.322. The van der Waals surface area contributed by atoms with E-state index in [0.29, 0.717) is 5.31 Å². The summed E-state index contributed by atoms with van der Waals surface area (Å²) >= 11 is 0. The Morgan fingerprint density at radius 1 is 0.846 bits per heavy atom. The maximum Gasteiger partial charge on any atom is 0.171 e. The van der Waals surface area contributed by atoms with Crippen LogP contribution < -0.4 is 10.6 Å². The van der Waals surface area contributed by atoms with Gasteiger partial charge < -0.3 is 4.57 Å². The third-order valence-corrected chi connectivity index (χ3v) is 7.22. The van der Waals surface area contributed by atoms with Crippen LogP contribution in [0.2, 0.25) is 0 Å². The van der Waals surface area contributed by atoms with E-state index >= 15 is 0 Å². The number of hydrogen-bond donors (Lipinski definition) is 0. The average molecular weight is 362 g/mol. The minimum Gasteiger partial charge on any atom is -0.309 e. The molecule has 3 aromatic carbocycles. The van der Waals surface area contributed by atoms with Crippen molar-refractivity contribution in [2.45, 2.75) is 6.92 Å². The second-order valence-corrected chi connectivity index (χ2v) is 8.90. The molecule has 0 fully saturated rings. The second-order valence-electron chi connectivity index (χ2n) is 6.16. The molecule has 26 heavy (non-hydrogen) atoms. The summed E-state index contributed by atoms with van der Waals surface area (Å²) in [7, 11) is -3.15. The zero-order chi connectivity index (χ0) is 18.6. The standard InChI is InChI=1S/C23H20FOP/c1-18(2)17-23(19-13-15-20(24)16-14-19)26(25,21-9-5-3-6-10-21)22-11-7-4-8-12-22/h3-17H,1H2,2H3/b23-17+. The van der Waals surface area contributed by atoms with Crippen LogP contribution >= 0.6 is 7.14 Å². The van der Waals surface area contributed by atoms with Crippen LogP contribution in [0.1, 0.15) is 12.5 Å². The molecule has 0 saturated carbocycles. The molecule has 3 rings (SSSR count). The Morgan fingerprint density at radius 3 is 1.73 bits per heavy atom. The molecule has 130 valence electrons. The van der Waals surface area contributed by atoms with Gasteiger partial charge in [-0.05, 0) is 30.7 Å². The van der Waals surface area contributed by atoms with E-state index in [1.54, 1.807) is 12.1 Å². The van der Waals surface area contributed by atoms with Crippen molar-refractivity contribution in [2.24, 2.45) is 0 Å². The zero-order valence-electron chi connectivity index (χ0n) is 14.6. The molecule has 3 heteroatoms. The summed E-state index contributed by atoms with van der Waals surface area (Å²) < 4.78 is 28.0. The van der Waals surface area contributed by atoms with Crippen molar-refractivity contribution in [3.63, 3.8) is 0 Å². The van der Waals surface area contributed by atoms with Crippen LogP contribution in [0.25, 0.3) is 5.31 Å². The zero-order valence-corrected chi connectivity index (χ0v) is 15.5. The first-order chi connectivity index (χ1) is 12.5. The van der Waals surface area contributed by atoms with E-state index in [4.69, 9.17) is 0 Å². The molecule has 1 nitrogen and oxygen atoms in total. The molecule has 0 saturated heterocycles. The van der Waals surface area contributed by atoms with Crippen LogP contribution in [-0.2, 0) is 4.57 Å². The van der Waals surface area contributed by atoms with Gasteiger partial charge in [0.25, 0.3) is 0 Å². The Balaban J connectivity index is 2.33. The number of rotatable bonds is 5. The summed E-state index contributed by atoms with van der Waals surface area (Å²) in [6, 6.07) is 25.0. The Labute approximate surface area is 153 Å². The van der Waals surface area contributed by atoms with Crippen LogP contribution in [0.4, 0.5) is 4.39 Å². The fourth-order valence-electron chi connectivity index (χ4n) is 2.91. The summed E-state index contributed by atoms with van der Waals surface area (Å²) in [4.78, 5) is 0. The lowest BCUT2D eigenvalue weighted by Crippen LogP contribution is -2.17. The maximum absolute atomic E-state index is 14.5. The quantitative estimate of drug-likeness (QED) is 0.417. The normalized spacial score (nSPS) is 12.0. The molecule has 0 radical (unpaired) electrons. The van der Waals surface area contributed by atoms with Crippen molar-refractivity contribution < 1.29 is 8.96 Å². The molecule has 0 aliphatic heterocycles. The van der Waals surface area contributed by atoms with Gasteiger partial charge in [0, 0.05) is 15.9 Å². The van der Waals surface area contributed by atoms with Crippen LogP contribution in [0.3, 0.4) is 0 Å². The van der Waals surface area contributed by atoms with E-state index in [-0.39, 0.29) is 5.82 Å². The summed E-state index contributed by atoms with van der Waals surface area (Å²) in [6.45, 7) is 5.83. The van der Waals surface area contributed by atoms with Crippen molar-refractivity contribution >= 4 is 23.1 Å². The first-order valence-electron chi connectivity index (χ1n) is 8.37. The summed E-state index contributed by atoms with van der Waals surface area (Å²) in [5.41, 5.74) is 1.52. The third kappa shape index (κ3) is 3.61. The Hall–Kier alpha value is -2.70. The largest absolute Gasteiger partial charge is 0.309 e. The predicted octanol–water partition coefficient (Wildman–Crippen LogP) is 5.76. The minimum atomic E-state index is -3.15. The van der Waals surface area contributed by atoms with Crippen molar-refractivity contribution in [3.8, 4) is 0 Å². The van der Waals surface area contributed by atoms with Gasteiger partial charge in [-0.25, -0.2) is 4.39 Å². The molecular weight excluding hydrogens is 342 g/mol. The molecule has 0 heterocycles. The lowest BCUT2D eigenvalue weighted by atomic mass is 10.2. The number of benzene rings is 3. The highest BCUT2D eigenvalue weighted by Crippen LogP contribution is 2.56. The highest BCUT2D eigenvalue weighted by Gasteiger charge is 2.32. The fraction of sp³-hybridized carbons (Fsp3) is 0.0435. The molecular formula is C23H20FOP. The van der Waals surface area contributed by atoms with Gasteiger partial charge in [-0.3, -0.25) is 0 Å². The van der Waals surface area contributed by atoms with Gasteiger partial charge in [-0.1, -0.05) is 84.9 Å². The van der Waals surface area contributed by atoms with Gasteiger partial charge in [-0.2, -0.15) is 0 Å². The highest BCUT2D eigenvalue weighted by atomic mass is 31.2. The van der Waals surface area contributed by atoms with Gasteiger partial charge in [0.2, 0.25) is 0 Å². The highest BCUT2D eigenvalue weighted by molar-refractivity contribution is 7.87. The predicted molar refractivity (Wildman–Crippen MR) is 109 cm³/mol. The Kier molecular flexibility index (Phi) is 5.35. The van der Waals surface area contributed by atoms with E-state index in [0.717, 1.165) is 21.7 Å². The van der Waals surface area contributed by atoms with Gasteiger partial charge in [0.05, 0.1) is 0 Å². The van der Waals surface area contributed by atoms with Crippen LogP contribution in [0.15, 0.2) is 103 Å². The molecule has 0 aromatic heterocycles. The van der Waals surface area contributed by atoms with Crippen molar-refractivity contribution in [1.29, 1.82) is 0 Å². The van der Waals surface area contributed by atoms with Gasteiger partial charge >= 0.3 is 0 Å². The molecule has 0 unspecified atom stereocenters. The molecule has 0 spiro atoms. The van der Waals surface area contributed by atoms with Crippen LogP contribution in [-0.4, -0.2) is 0 Å². The first-order valence-corrected chi connectivity index (χ1v) is 10.1. The monoisotopic (exact) mass is 362 g/mol. The van der Waals surface area contributed by atoms with E-state index in [1.165, 1.54) is 12.1 Å². The lowest BCUT2D eigenvalue weighted by molar-refractivity contribution is 0.593. The molecule has 0 amide bonds. The molecule has 0 aliphatic rings. The van der Waals surface area contributed by atoms with E-state index < -0.39 is 7.14 Å².